The lowest BCUT2D eigenvalue weighted by Crippen LogP contribution is -2.14. The van der Waals surface area contributed by atoms with E-state index in [4.69, 9.17) is 5.73 Å². The molecule has 0 amide bonds. The third-order valence-electron chi connectivity index (χ3n) is 2.83. The van der Waals surface area contributed by atoms with Crippen LogP contribution in [0.5, 0.6) is 5.75 Å². The molecule has 2 rings (SSSR count). The number of benzene rings is 1. The fraction of sp³-hybridized carbons (Fsp3) is 0.308. The Balaban J connectivity index is 2.44. The molecule has 1 atom stereocenters. The molecule has 0 radical (unpaired) electrons. The minimum absolute atomic E-state index is 0.0973. The van der Waals surface area contributed by atoms with Crippen molar-refractivity contribution in [2.45, 2.75) is 26.0 Å². The lowest BCUT2D eigenvalue weighted by molar-refractivity contribution is -0.0498. The Morgan fingerprint density at radius 1 is 1.37 bits per heavy atom. The Morgan fingerprint density at radius 3 is 2.79 bits per heavy atom. The van der Waals surface area contributed by atoms with Crippen LogP contribution in [0.25, 0.3) is 5.69 Å². The fourth-order valence-corrected chi connectivity index (χ4v) is 1.84. The molecule has 0 bridgehead atoms. The Morgan fingerprint density at radius 2 is 2.11 bits per heavy atom. The third kappa shape index (κ3) is 2.90. The highest BCUT2D eigenvalue weighted by Crippen LogP contribution is 2.27. The number of alkyl halides is 2. The zero-order chi connectivity index (χ0) is 13.8. The van der Waals surface area contributed by atoms with Crippen molar-refractivity contribution < 1.29 is 13.5 Å². The number of hydrogen-bond acceptors (Lipinski definition) is 3. The first-order valence-corrected chi connectivity index (χ1v) is 5.95. The Labute approximate surface area is 109 Å². The maximum Gasteiger partial charge on any atom is 0.387 e. The minimum Gasteiger partial charge on any atom is -0.433 e. The summed E-state index contributed by atoms with van der Waals surface area (Å²) in [5, 5.41) is 0. The topological polar surface area (TPSA) is 53.1 Å². The summed E-state index contributed by atoms with van der Waals surface area (Å²) in [6.07, 6.45) is 3.90. The van der Waals surface area contributed by atoms with Gasteiger partial charge in [0.25, 0.3) is 0 Å². The van der Waals surface area contributed by atoms with Gasteiger partial charge in [0.15, 0.2) is 0 Å². The average Bonchev–Trinajstić information content (AvgIpc) is 2.87. The van der Waals surface area contributed by atoms with Crippen LogP contribution in [0.2, 0.25) is 0 Å². The van der Waals surface area contributed by atoms with Gasteiger partial charge < -0.3 is 10.5 Å². The van der Waals surface area contributed by atoms with E-state index in [0.717, 1.165) is 12.1 Å². The number of imidazole rings is 1. The molecule has 0 fully saturated rings. The van der Waals surface area contributed by atoms with Crippen LogP contribution in [0.1, 0.15) is 25.1 Å². The quantitative estimate of drug-likeness (QED) is 0.906. The lowest BCUT2D eigenvalue weighted by atomic mass is 10.1. The molecule has 4 nitrogen and oxygen atoms in total. The fourth-order valence-electron chi connectivity index (χ4n) is 1.84. The number of aromatic nitrogens is 2. The lowest BCUT2D eigenvalue weighted by Gasteiger charge is -2.16. The molecule has 6 heteroatoms. The first-order chi connectivity index (χ1) is 9.13. The van der Waals surface area contributed by atoms with Crippen LogP contribution in [0.15, 0.2) is 36.8 Å². The Bertz CT molecular complexity index is 542. The first-order valence-electron chi connectivity index (χ1n) is 5.95. The molecule has 0 aliphatic carbocycles. The summed E-state index contributed by atoms with van der Waals surface area (Å²) in [6.45, 7) is -0.920. The predicted molar refractivity (Wildman–Crippen MR) is 67.4 cm³/mol. The van der Waals surface area contributed by atoms with E-state index < -0.39 is 6.61 Å². The molecule has 2 aromatic rings. The van der Waals surface area contributed by atoms with Crippen LogP contribution in [-0.2, 0) is 0 Å². The second-order valence-corrected chi connectivity index (χ2v) is 4.05. The van der Waals surface area contributed by atoms with Crippen LogP contribution >= 0.6 is 0 Å². The molecule has 2 N–H and O–H groups in total. The predicted octanol–water partition coefficient (Wildman–Crippen LogP) is 2.88. The Hall–Kier alpha value is -1.95. The number of para-hydroxylation sites is 2. The van der Waals surface area contributed by atoms with E-state index in [-0.39, 0.29) is 11.8 Å². The van der Waals surface area contributed by atoms with E-state index in [1.807, 2.05) is 6.92 Å². The van der Waals surface area contributed by atoms with E-state index in [0.29, 0.717) is 5.69 Å². The summed E-state index contributed by atoms with van der Waals surface area (Å²) in [5.74, 6) is 0.0973. The Kier molecular flexibility index (Phi) is 4.11. The number of ether oxygens (including phenoxy) is 1. The molecular formula is C13H15F2N3O. The molecule has 0 saturated carbocycles. The van der Waals surface area contributed by atoms with Crippen molar-refractivity contribution >= 4 is 0 Å². The van der Waals surface area contributed by atoms with Gasteiger partial charge in [-0.25, -0.2) is 4.98 Å². The summed E-state index contributed by atoms with van der Waals surface area (Å²) >= 11 is 0. The maximum atomic E-state index is 12.4. The molecular weight excluding hydrogens is 252 g/mol. The summed E-state index contributed by atoms with van der Waals surface area (Å²) < 4.78 is 31.0. The molecule has 1 aromatic heterocycles. The summed E-state index contributed by atoms with van der Waals surface area (Å²) in [4.78, 5) is 4.03. The van der Waals surface area contributed by atoms with E-state index >= 15 is 0 Å². The second-order valence-electron chi connectivity index (χ2n) is 4.05. The van der Waals surface area contributed by atoms with Gasteiger partial charge in [-0.3, -0.25) is 4.57 Å². The number of rotatable bonds is 5. The minimum atomic E-state index is -2.87. The van der Waals surface area contributed by atoms with E-state index in [1.165, 1.54) is 6.07 Å². The van der Waals surface area contributed by atoms with Gasteiger partial charge in [0.1, 0.15) is 5.75 Å². The maximum absolute atomic E-state index is 12.4. The number of nitrogens with two attached hydrogens (primary N) is 1. The summed E-state index contributed by atoms with van der Waals surface area (Å²) in [5.41, 5.74) is 7.23. The van der Waals surface area contributed by atoms with E-state index in [9.17, 15) is 8.78 Å². The number of nitrogens with zero attached hydrogens (tertiary/aromatic N) is 2. The normalized spacial score (nSPS) is 12.7. The van der Waals surface area contributed by atoms with Gasteiger partial charge >= 0.3 is 6.61 Å². The van der Waals surface area contributed by atoms with E-state index in [2.05, 4.69) is 9.72 Å². The van der Waals surface area contributed by atoms with Gasteiger partial charge in [-0.1, -0.05) is 19.1 Å². The van der Waals surface area contributed by atoms with Crippen LogP contribution in [0.3, 0.4) is 0 Å². The monoisotopic (exact) mass is 267 g/mol. The first kappa shape index (κ1) is 13.5. The molecule has 0 aliphatic heterocycles. The van der Waals surface area contributed by atoms with Crippen molar-refractivity contribution in [3.63, 3.8) is 0 Å². The van der Waals surface area contributed by atoms with Gasteiger partial charge in [-0.15, -0.1) is 0 Å². The molecule has 0 saturated heterocycles. The van der Waals surface area contributed by atoms with Crippen molar-refractivity contribution in [2.75, 3.05) is 0 Å². The molecule has 102 valence electrons. The van der Waals surface area contributed by atoms with Crippen molar-refractivity contribution in [1.82, 2.24) is 9.55 Å². The highest BCUT2D eigenvalue weighted by molar-refractivity contribution is 5.47. The molecule has 0 aliphatic rings. The van der Waals surface area contributed by atoms with Crippen molar-refractivity contribution in [2.24, 2.45) is 5.73 Å². The third-order valence-corrected chi connectivity index (χ3v) is 2.83. The zero-order valence-electron chi connectivity index (χ0n) is 10.5. The van der Waals surface area contributed by atoms with Crippen molar-refractivity contribution in [3.8, 4) is 11.4 Å². The average molecular weight is 267 g/mol. The van der Waals surface area contributed by atoms with Gasteiger partial charge in [-0.05, 0) is 18.6 Å². The van der Waals surface area contributed by atoms with Gasteiger partial charge in [-0.2, -0.15) is 8.78 Å². The summed E-state index contributed by atoms with van der Waals surface area (Å²) in [6, 6.07) is 6.35. The largest absolute Gasteiger partial charge is 0.433 e. The van der Waals surface area contributed by atoms with Gasteiger partial charge in [0.2, 0.25) is 0 Å². The highest BCUT2D eigenvalue weighted by Gasteiger charge is 2.15. The second kappa shape index (κ2) is 5.79. The van der Waals surface area contributed by atoms with Crippen LogP contribution in [0.4, 0.5) is 8.78 Å². The van der Waals surface area contributed by atoms with Gasteiger partial charge in [0.05, 0.1) is 23.9 Å². The molecule has 0 spiro atoms. The molecule has 1 heterocycles. The summed E-state index contributed by atoms with van der Waals surface area (Å²) in [7, 11) is 0. The molecule has 19 heavy (non-hydrogen) atoms. The van der Waals surface area contributed by atoms with Crippen LogP contribution < -0.4 is 10.5 Å². The van der Waals surface area contributed by atoms with Crippen molar-refractivity contribution in [1.29, 1.82) is 0 Å². The van der Waals surface area contributed by atoms with Crippen LogP contribution in [-0.4, -0.2) is 16.2 Å². The SMILES string of the molecule is CC[C@@H](N)c1cncn1-c1ccccc1OC(F)F. The molecule has 0 unspecified atom stereocenters. The smallest absolute Gasteiger partial charge is 0.387 e. The standard InChI is InChI=1S/C13H15F2N3O/c1-2-9(16)11-7-17-8-18(11)10-5-3-4-6-12(10)19-13(14)15/h3-9,13H,2,16H2,1H3/t9-/m1/s1. The molecule has 1 aromatic carbocycles. The highest BCUT2D eigenvalue weighted by atomic mass is 19.3. The van der Waals surface area contributed by atoms with Gasteiger partial charge in [0, 0.05) is 6.04 Å². The number of halogens is 2. The van der Waals surface area contributed by atoms with E-state index in [1.54, 1.807) is 35.3 Å². The van der Waals surface area contributed by atoms with Crippen molar-refractivity contribution in [3.05, 3.63) is 42.5 Å². The zero-order valence-corrected chi connectivity index (χ0v) is 10.5. The number of hydrogen-bond donors (Lipinski definition) is 1. The van der Waals surface area contributed by atoms with Crippen LogP contribution in [0, 0.1) is 0 Å².